The number of nitrogens with zero attached hydrogens (tertiary/aromatic N) is 3. The molecule has 0 aliphatic carbocycles. The van der Waals surface area contributed by atoms with E-state index in [2.05, 4.69) is 21.2 Å². The van der Waals surface area contributed by atoms with Gasteiger partial charge in [0.1, 0.15) is 29.7 Å². The van der Waals surface area contributed by atoms with Crippen LogP contribution in [0, 0.1) is 45.6 Å². The van der Waals surface area contributed by atoms with Crippen LogP contribution in [-0.4, -0.2) is 0 Å². The predicted octanol–water partition coefficient (Wildman–Crippen LogP) is 5.78. The number of rotatable bonds is 4. The minimum absolute atomic E-state index is 0.0954. The molecule has 0 saturated carbocycles. The normalized spacial score (nSPS) is 10.3. The van der Waals surface area contributed by atoms with Gasteiger partial charge in [0.15, 0.2) is 23.0 Å². The number of hydrogen-bond donors (Lipinski definition) is 1. The molecule has 0 radical (unpaired) electrons. The first-order valence-electron chi connectivity index (χ1n) is 7.35. The third-order valence-electron chi connectivity index (χ3n) is 3.27. The minimum Gasteiger partial charge on any atom is -0.451 e. The summed E-state index contributed by atoms with van der Waals surface area (Å²) in [6, 6.07) is 8.67. The third-order valence-corrected chi connectivity index (χ3v) is 3.73. The maximum atomic E-state index is 14.0. The van der Waals surface area contributed by atoms with E-state index in [1.807, 2.05) is 0 Å². The maximum Gasteiger partial charge on any atom is 0.416 e. The smallest absolute Gasteiger partial charge is 0.416 e. The molecule has 2 aromatic rings. The molecule has 0 bridgehead atoms. The van der Waals surface area contributed by atoms with Gasteiger partial charge in [-0.2, -0.15) is 29.0 Å². The molecule has 0 unspecified atom stereocenters. The number of anilines is 1. The molecular weight excluding hydrogens is 463 g/mol. The summed E-state index contributed by atoms with van der Waals surface area (Å²) in [7, 11) is 0. The number of halogens is 6. The highest BCUT2D eigenvalue weighted by Crippen LogP contribution is 2.36. The van der Waals surface area contributed by atoms with Crippen LogP contribution in [0.3, 0.4) is 0 Å². The Kier molecular flexibility index (Phi) is 6.42. The molecule has 0 aliphatic heterocycles. The number of ether oxygens (including phenoxy) is 1. The SMILES string of the molecule is N#CC(C#N)=C(C#N)Nc1cc(Br)cc(Oc2c(F)cc(C(F)(F)F)cc2F)c1. The zero-order valence-corrected chi connectivity index (χ0v) is 15.5. The zero-order valence-electron chi connectivity index (χ0n) is 13.9. The summed E-state index contributed by atoms with van der Waals surface area (Å²) in [5.74, 6) is -4.40. The number of benzene rings is 2. The summed E-state index contributed by atoms with van der Waals surface area (Å²) in [4.78, 5) is 0. The Hall–Kier alpha value is -3.62. The van der Waals surface area contributed by atoms with Crippen molar-refractivity contribution in [1.82, 2.24) is 0 Å². The minimum atomic E-state index is -4.94. The van der Waals surface area contributed by atoms with E-state index in [0.717, 1.165) is 6.07 Å². The Morgan fingerprint density at radius 2 is 1.52 bits per heavy atom. The lowest BCUT2D eigenvalue weighted by atomic mass is 10.2. The van der Waals surface area contributed by atoms with Crippen LogP contribution in [0.1, 0.15) is 5.56 Å². The molecule has 2 aromatic carbocycles. The summed E-state index contributed by atoms with van der Waals surface area (Å²) < 4.78 is 71.2. The Morgan fingerprint density at radius 1 is 0.931 bits per heavy atom. The largest absolute Gasteiger partial charge is 0.451 e. The fraction of sp³-hybridized carbons (Fsp3) is 0.0556. The van der Waals surface area contributed by atoms with Crippen LogP contribution in [0.2, 0.25) is 0 Å². The van der Waals surface area contributed by atoms with Crippen LogP contribution < -0.4 is 10.1 Å². The van der Waals surface area contributed by atoms with Crippen molar-refractivity contribution in [2.24, 2.45) is 0 Å². The van der Waals surface area contributed by atoms with E-state index in [0.29, 0.717) is 4.47 Å². The highest BCUT2D eigenvalue weighted by molar-refractivity contribution is 9.10. The van der Waals surface area contributed by atoms with Gasteiger partial charge in [-0.25, -0.2) is 8.78 Å². The average Bonchev–Trinajstić information content (AvgIpc) is 2.63. The number of hydrogen-bond acceptors (Lipinski definition) is 5. The number of alkyl halides is 3. The van der Waals surface area contributed by atoms with E-state index in [1.165, 1.54) is 24.3 Å². The van der Waals surface area contributed by atoms with Crippen molar-refractivity contribution < 1.29 is 26.7 Å². The molecule has 0 heterocycles. The van der Waals surface area contributed by atoms with Crippen LogP contribution in [0.4, 0.5) is 27.6 Å². The first-order valence-corrected chi connectivity index (χ1v) is 8.14. The van der Waals surface area contributed by atoms with Gasteiger partial charge in [0.2, 0.25) is 0 Å². The lowest BCUT2D eigenvalue weighted by molar-refractivity contribution is -0.138. The lowest BCUT2D eigenvalue weighted by Crippen LogP contribution is -2.07. The fourth-order valence-electron chi connectivity index (χ4n) is 2.06. The van der Waals surface area contributed by atoms with E-state index in [9.17, 15) is 22.0 Å². The molecule has 0 aliphatic rings. The van der Waals surface area contributed by atoms with Crippen LogP contribution in [0.5, 0.6) is 11.5 Å². The van der Waals surface area contributed by atoms with Gasteiger partial charge < -0.3 is 10.1 Å². The van der Waals surface area contributed by atoms with Crippen molar-refractivity contribution in [3.05, 3.63) is 63.3 Å². The van der Waals surface area contributed by atoms with E-state index >= 15 is 0 Å². The van der Waals surface area contributed by atoms with Crippen LogP contribution in [-0.2, 0) is 6.18 Å². The molecule has 146 valence electrons. The van der Waals surface area contributed by atoms with Crippen molar-refractivity contribution in [2.45, 2.75) is 6.18 Å². The second-order valence-electron chi connectivity index (χ2n) is 5.25. The van der Waals surface area contributed by atoms with Gasteiger partial charge in [-0.15, -0.1) is 0 Å². The molecule has 0 aromatic heterocycles. The zero-order chi connectivity index (χ0) is 21.8. The molecule has 0 amide bonds. The van der Waals surface area contributed by atoms with Gasteiger partial charge in [0, 0.05) is 16.2 Å². The van der Waals surface area contributed by atoms with E-state index in [1.54, 1.807) is 6.07 Å². The molecule has 2 rings (SSSR count). The average molecular weight is 469 g/mol. The molecule has 5 nitrogen and oxygen atoms in total. The molecule has 29 heavy (non-hydrogen) atoms. The monoisotopic (exact) mass is 468 g/mol. The van der Waals surface area contributed by atoms with Crippen molar-refractivity contribution in [3.8, 4) is 29.7 Å². The molecule has 11 heteroatoms. The van der Waals surface area contributed by atoms with Crippen molar-refractivity contribution in [2.75, 3.05) is 5.32 Å². The van der Waals surface area contributed by atoms with E-state index in [-0.39, 0.29) is 29.3 Å². The maximum absolute atomic E-state index is 14.0. The van der Waals surface area contributed by atoms with Gasteiger partial charge in [0.05, 0.1) is 5.56 Å². The Balaban J connectivity index is 2.42. The first-order chi connectivity index (χ1) is 13.6. The quantitative estimate of drug-likeness (QED) is 0.453. The summed E-state index contributed by atoms with van der Waals surface area (Å²) in [5, 5.41) is 29.2. The number of allylic oxidation sites excluding steroid dienone is 2. The van der Waals surface area contributed by atoms with Crippen LogP contribution in [0.25, 0.3) is 0 Å². The molecule has 0 saturated heterocycles. The Morgan fingerprint density at radius 3 is 2.00 bits per heavy atom. The van der Waals surface area contributed by atoms with Gasteiger partial charge >= 0.3 is 6.18 Å². The second-order valence-corrected chi connectivity index (χ2v) is 6.17. The standard InChI is InChI=1S/C18H6BrF5N4O/c19-11-3-12(28-16(8-27)9(6-25)7-26)5-13(4-11)29-17-14(20)1-10(2-15(17)21)18(22,23)24/h1-5,28H. The van der Waals surface area contributed by atoms with E-state index in [4.69, 9.17) is 20.5 Å². The summed E-state index contributed by atoms with van der Waals surface area (Å²) in [6.07, 6.45) is -4.94. The Labute approximate surface area is 169 Å². The van der Waals surface area contributed by atoms with E-state index < -0.39 is 34.7 Å². The van der Waals surface area contributed by atoms with Crippen LogP contribution in [0.15, 0.2) is 46.1 Å². The summed E-state index contributed by atoms with van der Waals surface area (Å²) >= 11 is 3.10. The summed E-state index contributed by atoms with van der Waals surface area (Å²) in [5.41, 5.74) is -2.30. The van der Waals surface area contributed by atoms with Gasteiger partial charge in [-0.3, -0.25) is 0 Å². The summed E-state index contributed by atoms with van der Waals surface area (Å²) in [6.45, 7) is 0. The number of nitrogens with one attached hydrogen (secondary N) is 1. The molecule has 1 N–H and O–H groups in total. The molecule has 0 atom stereocenters. The third kappa shape index (κ3) is 5.22. The topological polar surface area (TPSA) is 92.6 Å². The molecule has 0 fully saturated rings. The Bertz CT molecular complexity index is 1080. The van der Waals surface area contributed by atoms with Crippen molar-refractivity contribution >= 4 is 21.6 Å². The highest BCUT2D eigenvalue weighted by atomic mass is 79.9. The predicted molar refractivity (Wildman–Crippen MR) is 93.1 cm³/mol. The second kappa shape index (κ2) is 8.59. The molecule has 0 spiro atoms. The van der Waals surface area contributed by atoms with Crippen molar-refractivity contribution in [3.63, 3.8) is 0 Å². The fourth-order valence-corrected chi connectivity index (χ4v) is 2.53. The molecular formula is C18H6BrF5N4O. The van der Waals surface area contributed by atoms with Gasteiger partial charge in [0.25, 0.3) is 0 Å². The van der Waals surface area contributed by atoms with Gasteiger partial charge in [-0.1, -0.05) is 15.9 Å². The van der Waals surface area contributed by atoms with Crippen molar-refractivity contribution in [1.29, 1.82) is 15.8 Å². The highest BCUT2D eigenvalue weighted by Gasteiger charge is 2.33. The lowest BCUT2D eigenvalue weighted by Gasteiger charge is -2.13. The van der Waals surface area contributed by atoms with Crippen LogP contribution >= 0.6 is 15.9 Å². The number of nitriles is 3. The van der Waals surface area contributed by atoms with Gasteiger partial charge in [-0.05, 0) is 24.3 Å². The first kappa shape index (κ1) is 21.7.